The van der Waals surface area contributed by atoms with Crippen molar-refractivity contribution >= 4 is 16.7 Å². The lowest BCUT2D eigenvalue weighted by molar-refractivity contribution is 0.0906. The van der Waals surface area contributed by atoms with Crippen LogP contribution in [0.3, 0.4) is 0 Å². The van der Waals surface area contributed by atoms with Crippen LogP contribution in [0.2, 0.25) is 0 Å². The number of hydrogen-bond acceptors (Lipinski definition) is 5. The van der Waals surface area contributed by atoms with Crippen LogP contribution in [-0.2, 0) is 12.1 Å². The number of carbonyl (C=O) groups is 1. The Morgan fingerprint density at radius 1 is 1.13 bits per heavy atom. The minimum absolute atomic E-state index is 0.189. The van der Waals surface area contributed by atoms with Gasteiger partial charge < -0.3 is 14.8 Å². The minimum atomic E-state index is -0.695. The summed E-state index contributed by atoms with van der Waals surface area (Å²) < 4.78 is 12.2. The van der Waals surface area contributed by atoms with E-state index in [0.29, 0.717) is 28.8 Å². The van der Waals surface area contributed by atoms with Crippen LogP contribution < -0.4 is 20.3 Å². The summed E-state index contributed by atoms with van der Waals surface area (Å²) in [6.07, 6.45) is 0. The molecule has 1 N–H and O–H groups in total. The van der Waals surface area contributed by atoms with Crippen LogP contribution in [0.15, 0.2) is 47.3 Å². The van der Waals surface area contributed by atoms with Gasteiger partial charge in [0.25, 0.3) is 11.5 Å². The van der Waals surface area contributed by atoms with Crippen molar-refractivity contribution in [3.8, 4) is 11.5 Å². The number of ether oxygens (including phenoxy) is 2. The van der Waals surface area contributed by atoms with Crippen molar-refractivity contribution in [3.05, 3.63) is 64.1 Å². The third-order valence-electron chi connectivity index (χ3n) is 5.14. The summed E-state index contributed by atoms with van der Waals surface area (Å²) in [4.78, 5) is 26.1. The highest BCUT2D eigenvalue weighted by Gasteiger charge is 2.28. The first-order chi connectivity index (χ1) is 14.3. The molecule has 156 valence electrons. The van der Waals surface area contributed by atoms with Gasteiger partial charge in [-0.15, -0.1) is 0 Å². The third-order valence-corrected chi connectivity index (χ3v) is 5.14. The summed E-state index contributed by atoms with van der Waals surface area (Å²) >= 11 is 0. The van der Waals surface area contributed by atoms with E-state index in [1.807, 2.05) is 45.9 Å². The van der Waals surface area contributed by atoms with E-state index in [4.69, 9.17) is 9.47 Å². The Kier molecular flexibility index (Phi) is 4.97. The highest BCUT2D eigenvalue weighted by Crippen LogP contribution is 2.35. The molecule has 0 bridgehead atoms. The zero-order chi connectivity index (χ0) is 21.5. The number of carbonyl (C=O) groups excluding carboxylic acids is 1. The summed E-state index contributed by atoms with van der Waals surface area (Å²) in [7, 11) is 0. The van der Waals surface area contributed by atoms with Crippen molar-refractivity contribution in [1.29, 1.82) is 0 Å². The van der Waals surface area contributed by atoms with Gasteiger partial charge in [0.05, 0.1) is 10.9 Å². The summed E-state index contributed by atoms with van der Waals surface area (Å²) in [6, 6.07) is 12.7. The van der Waals surface area contributed by atoms with Crippen LogP contribution >= 0.6 is 0 Å². The molecular weight excluding hydrogens is 382 g/mol. The fourth-order valence-corrected chi connectivity index (χ4v) is 3.57. The largest absolute Gasteiger partial charge is 0.454 e. The van der Waals surface area contributed by atoms with Gasteiger partial charge in [0.2, 0.25) is 6.79 Å². The van der Waals surface area contributed by atoms with Crippen LogP contribution in [0.5, 0.6) is 11.5 Å². The molecule has 3 aromatic rings. The van der Waals surface area contributed by atoms with E-state index in [0.717, 1.165) is 5.56 Å². The molecule has 0 saturated heterocycles. The second-order valence-electron chi connectivity index (χ2n) is 8.42. The standard InChI is InChI=1S/C23H25N3O4/c1-14(2)12-26-22(28)17-8-6-5-7-16(17)20(25-26)21(27)24-23(3,4)15-9-10-18-19(11-15)30-13-29-18/h5-11,14H,12-13H2,1-4H3,(H,24,27). The second kappa shape index (κ2) is 7.48. The highest BCUT2D eigenvalue weighted by atomic mass is 16.7. The molecule has 0 saturated carbocycles. The van der Waals surface area contributed by atoms with Crippen molar-refractivity contribution in [3.63, 3.8) is 0 Å². The third kappa shape index (κ3) is 3.63. The lowest BCUT2D eigenvalue weighted by Crippen LogP contribution is -2.42. The fourth-order valence-electron chi connectivity index (χ4n) is 3.57. The van der Waals surface area contributed by atoms with Gasteiger partial charge in [-0.1, -0.05) is 38.1 Å². The average Bonchev–Trinajstić information content (AvgIpc) is 3.17. The molecule has 0 spiro atoms. The van der Waals surface area contributed by atoms with E-state index in [2.05, 4.69) is 10.4 Å². The van der Waals surface area contributed by atoms with Gasteiger partial charge in [0, 0.05) is 11.9 Å². The van der Waals surface area contributed by atoms with Crippen LogP contribution in [0, 0.1) is 5.92 Å². The number of nitrogens with zero attached hydrogens (tertiary/aromatic N) is 2. The van der Waals surface area contributed by atoms with Crippen molar-refractivity contribution < 1.29 is 14.3 Å². The van der Waals surface area contributed by atoms with Gasteiger partial charge in [0.1, 0.15) is 0 Å². The molecule has 1 aromatic heterocycles. The number of benzene rings is 2. The number of fused-ring (bicyclic) bond motifs is 2. The molecule has 2 heterocycles. The number of hydrogen-bond donors (Lipinski definition) is 1. The molecule has 0 radical (unpaired) electrons. The van der Waals surface area contributed by atoms with E-state index >= 15 is 0 Å². The molecule has 7 heteroatoms. The molecule has 0 aliphatic carbocycles. The molecule has 1 aliphatic rings. The molecule has 1 amide bonds. The summed E-state index contributed by atoms with van der Waals surface area (Å²) in [5, 5.41) is 8.51. The molecule has 0 unspecified atom stereocenters. The lowest BCUT2D eigenvalue weighted by atomic mass is 9.93. The molecule has 0 atom stereocenters. The van der Waals surface area contributed by atoms with Gasteiger partial charge >= 0.3 is 0 Å². The van der Waals surface area contributed by atoms with Gasteiger partial charge in [-0.2, -0.15) is 5.10 Å². The number of aromatic nitrogens is 2. The Morgan fingerprint density at radius 2 is 1.83 bits per heavy atom. The van der Waals surface area contributed by atoms with E-state index in [9.17, 15) is 9.59 Å². The summed E-state index contributed by atoms with van der Waals surface area (Å²) in [5.74, 6) is 1.22. The number of rotatable bonds is 5. The Morgan fingerprint density at radius 3 is 2.57 bits per heavy atom. The first-order valence-electron chi connectivity index (χ1n) is 9.99. The van der Waals surface area contributed by atoms with Gasteiger partial charge in [0.15, 0.2) is 17.2 Å². The summed E-state index contributed by atoms with van der Waals surface area (Å²) in [5.41, 5.74) is 0.227. The van der Waals surface area contributed by atoms with Crippen molar-refractivity contribution in [1.82, 2.24) is 15.1 Å². The Balaban J connectivity index is 1.72. The van der Waals surface area contributed by atoms with Crippen LogP contribution in [0.25, 0.3) is 10.8 Å². The topological polar surface area (TPSA) is 82.5 Å². The molecule has 30 heavy (non-hydrogen) atoms. The Hall–Kier alpha value is -3.35. The monoisotopic (exact) mass is 407 g/mol. The van der Waals surface area contributed by atoms with Crippen molar-refractivity contribution in [2.75, 3.05) is 6.79 Å². The van der Waals surface area contributed by atoms with Gasteiger partial charge in [-0.3, -0.25) is 9.59 Å². The molecule has 7 nitrogen and oxygen atoms in total. The Bertz CT molecular complexity index is 1180. The van der Waals surface area contributed by atoms with Crippen LogP contribution in [0.1, 0.15) is 43.7 Å². The van der Waals surface area contributed by atoms with E-state index in [1.165, 1.54) is 4.68 Å². The van der Waals surface area contributed by atoms with Crippen LogP contribution in [-0.4, -0.2) is 22.5 Å². The highest BCUT2D eigenvalue weighted by molar-refractivity contribution is 6.05. The van der Waals surface area contributed by atoms with E-state index in [-0.39, 0.29) is 29.9 Å². The first-order valence-corrected chi connectivity index (χ1v) is 9.99. The average molecular weight is 407 g/mol. The van der Waals surface area contributed by atoms with Crippen molar-refractivity contribution in [2.24, 2.45) is 5.92 Å². The number of nitrogens with one attached hydrogen (secondary N) is 1. The normalized spacial score (nSPS) is 13.1. The smallest absolute Gasteiger partial charge is 0.274 e. The zero-order valence-corrected chi connectivity index (χ0v) is 17.6. The maximum absolute atomic E-state index is 13.3. The Labute approximate surface area is 174 Å². The zero-order valence-electron chi connectivity index (χ0n) is 17.6. The summed E-state index contributed by atoms with van der Waals surface area (Å²) in [6.45, 7) is 8.47. The maximum atomic E-state index is 13.3. The predicted molar refractivity (Wildman–Crippen MR) is 114 cm³/mol. The van der Waals surface area contributed by atoms with Crippen LogP contribution in [0.4, 0.5) is 0 Å². The van der Waals surface area contributed by atoms with E-state index < -0.39 is 5.54 Å². The minimum Gasteiger partial charge on any atom is -0.454 e. The predicted octanol–water partition coefficient (Wildman–Crippen LogP) is 3.45. The SMILES string of the molecule is CC(C)Cn1nc(C(=O)NC(C)(C)c2ccc3c(c2)OCO3)c2ccccc2c1=O. The lowest BCUT2D eigenvalue weighted by Gasteiger charge is -2.27. The molecule has 0 fully saturated rings. The van der Waals surface area contributed by atoms with E-state index in [1.54, 1.807) is 24.3 Å². The second-order valence-corrected chi connectivity index (χ2v) is 8.42. The van der Waals surface area contributed by atoms with Gasteiger partial charge in [-0.25, -0.2) is 4.68 Å². The van der Waals surface area contributed by atoms with Gasteiger partial charge in [-0.05, 0) is 43.5 Å². The van der Waals surface area contributed by atoms with Crippen molar-refractivity contribution in [2.45, 2.75) is 39.8 Å². The quantitative estimate of drug-likeness (QED) is 0.701. The molecule has 2 aromatic carbocycles. The first kappa shape index (κ1) is 19.9. The molecule has 4 rings (SSSR count). The fraction of sp³-hybridized carbons (Fsp3) is 0.348. The number of amides is 1. The molecular formula is C23H25N3O4. The maximum Gasteiger partial charge on any atom is 0.274 e. The molecule has 1 aliphatic heterocycles.